The minimum Gasteiger partial charge on any atom is -0.508 e. The van der Waals surface area contributed by atoms with Crippen LogP contribution in [0.1, 0.15) is 23.7 Å². The van der Waals surface area contributed by atoms with Crippen molar-refractivity contribution in [1.29, 1.82) is 0 Å². The van der Waals surface area contributed by atoms with E-state index in [0.717, 1.165) is 6.42 Å². The van der Waals surface area contributed by atoms with Crippen molar-refractivity contribution in [2.24, 2.45) is 11.7 Å². The van der Waals surface area contributed by atoms with Crippen LogP contribution in [0.3, 0.4) is 0 Å². The topological polar surface area (TPSA) is 66.6 Å². The van der Waals surface area contributed by atoms with E-state index in [2.05, 4.69) is 6.92 Å². The zero-order chi connectivity index (χ0) is 13.3. The summed E-state index contributed by atoms with van der Waals surface area (Å²) in [5.41, 5.74) is 6.06. The molecule has 2 rings (SSSR count). The molecule has 2 atom stereocenters. The summed E-state index contributed by atoms with van der Waals surface area (Å²) >= 11 is 6.01. The molecule has 1 aromatic carbocycles. The van der Waals surface area contributed by atoms with Crippen LogP contribution in [-0.2, 0) is 0 Å². The highest BCUT2D eigenvalue weighted by atomic mass is 35.5. The molecule has 1 saturated heterocycles. The standard InChI is InChI=1S/C13H17ClN2O2/c1-8-4-5-16(12(8)7-15)13(18)10-6-9(17)2-3-11(10)14/h2-3,6,8,12,17H,4-5,7,15H2,1H3. The molecule has 3 N–H and O–H groups in total. The van der Waals surface area contributed by atoms with E-state index in [0.29, 0.717) is 29.6 Å². The molecule has 1 fully saturated rings. The number of amides is 1. The molecule has 0 spiro atoms. The molecule has 0 aliphatic carbocycles. The Balaban J connectivity index is 2.28. The Morgan fingerprint density at radius 1 is 1.61 bits per heavy atom. The third-order valence-corrected chi connectivity index (χ3v) is 3.89. The number of halogens is 1. The molecule has 5 heteroatoms. The first-order chi connectivity index (χ1) is 8.54. The fourth-order valence-electron chi connectivity index (χ4n) is 2.45. The monoisotopic (exact) mass is 268 g/mol. The van der Waals surface area contributed by atoms with Crippen LogP contribution in [0.25, 0.3) is 0 Å². The van der Waals surface area contributed by atoms with E-state index in [9.17, 15) is 9.90 Å². The normalized spacial score (nSPS) is 23.4. The van der Waals surface area contributed by atoms with Gasteiger partial charge in [-0.3, -0.25) is 4.79 Å². The zero-order valence-corrected chi connectivity index (χ0v) is 11.0. The Morgan fingerprint density at radius 2 is 2.33 bits per heavy atom. The number of nitrogens with zero attached hydrogens (tertiary/aromatic N) is 1. The number of aromatic hydroxyl groups is 1. The first-order valence-corrected chi connectivity index (χ1v) is 6.42. The lowest BCUT2D eigenvalue weighted by atomic mass is 10.0. The predicted octanol–water partition coefficient (Wildman–Crippen LogP) is 1.85. The molecule has 2 unspecified atom stereocenters. The lowest BCUT2D eigenvalue weighted by molar-refractivity contribution is 0.0727. The van der Waals surface area contributed by atoms with Gasteiger partial charge >= 0.3 is 0 Å². The smallest absolute Gasteiger partial charge is 0.255 e. The van der Waals surface area contributed by atoms with E-state index in [1.807, 2.05) is 0 Å². The van der Waals surface area contributed by atoms with Crippen LogP contribution in [0.15, 0.2) is 18.2 Å². The highest BCUT2D eigenvalue weighted by Gasteiger charge is 2.34. The number of phenols is 1. The number of benzene rings is 1. The summed E-state index contributed by atoms with van der Waals surface area (Å²) in [6.07, 6.45) is 0.948. The molecular weight excluding hydrogens is 252 g/mol. The fourth-order valence-corrected chi connectivity index (χ4v) is 2.65. The van der Waals surface area contributed by atoms with Crippen molar-refractivity contribution < 1.29 is 9.90 Å². The van der Waals surface area contributed by atoms with Gasteiger partial charge in [-0.25, -0.2) is 0 Å². The number of hydrogen-bond acceptors (Lipinski definition) is 3. The van der Waals surface area contributed by atoms with Gasteiger partial charge < -0.3 is 15.7 Å². The molecule has 1 aromatic rings. The summed E-state index contributed by atoms with van der Waals surface area (Å²) in [7, 11) is 0. The number of phenolic OH excluding ortho intramolecular Hbond substituents is 1. The number of carbonyl (C=O) groups excluding carboxylic acids is 1. The maximum Gasteiger partial charge on any atom is 0.255 e. The third-order valence-electron chi connectivity index (χ3n) is 3.57. The maximum atomic E-state index is 12.4. The Labute approximate surface area is 111 Å². The Morgan fingerprint density at radius 3 is 3.00 bits per heavy atom. The van der Waals surface area contributed by atoms with Gasteiger partial charge in [0.25, 0.3) is 5.91 Å². The van der Waals surface area contributed by atoms with E-state index in [4.69, 9.17) is 17.3 Å². The van der Waals surface area contributed by atoms with Gasteiger partial charge in [0.2, 0.25) is 0 Å². The molecule has 1 aliphatic rings. The minimum atomic E-state index is -0.157. The predicted molar refractivity (Wildman–Crippen MR) is 70.8 cm³/mol. The van der Waals surface area contributed by atoms with Crippen LogP contribution in [0.4, 0.5) is 0 Å². The molecule has 1 heterocycles. The van der Waals surface area contributed by atoms with Crippen molar-refractivity contribution >= 4 is 17.5 Å². The average molecular weight is 269 g/mol. The highest BCUT2D eigenvalue weighted by molar-refractivity contribution is 6.33. The SMILES string of the molecule is CC1CCN(C(=O)c2cc(O)ccc2Cl)C1CN. The molecule has 98 valence electrons. The number of nitrogens with two attached hydrogens (primary N) is 1. The van der Waals surface area contributed by atoms with Gasteiger partial charge in [-0.1, -0.05) is 18.5 Å². The van der Waals surface area contributed by atoms with Gasteiger partial charge in [-0.15, -0.1) is 0 Å². The molecular formula is C13H17ClN2O2. The summed E-state index contributed by atoms with van der Waals surface area (Å²) in [5, 5.41) is 9.80. The summed E-state index contributed by atoms with van der Waals surface area (Å²) in [4.78, 5) is 14.2. The molecule has 1 aliphatic heterocycles. The number of carbonyl (C=O) groups is 1. The van der Waals surface area contributed by atoms with Crippen LogP contribution in [0, 0.1) is 5.92 Å². The lowest BCUT2D eigenvalue weighted by Gasteiger charge is -2.26. The molecule has 1 amide bonds. The van der Waals surface area contributed by atoms with Crippen LogP contribution >= 0.6 is 11.6 Å². The summed E-state index contributed by atoms with van der Waals surface area (Å²) in [6.45, 7) is 3.23. The molecule has 0 aromatic heterocycles. The van der Waals surface area contributed by atoms with Gasteiger partial charge in [0.05, 0.1) is 10.6 Å². The van der Waals surface area contributed by atoms with Crippen molar-refractivity contribution in [1.82, 2.24) is 4.90 Å². The van der Waals surface area contributed by atoms with Crippen LogP contribution in [-0.4, -0.2) is 35.0 Å². The van der Waals surface area contributed by atoms with E-state index in [1.54, 1.807) is 4.90 Å². The summed E-state index contributed by atoms with van der Waals surface area (Å²) in [5.74, 6) is 0.282. The van der Waals surface area contributed by atoms with Gasteiger partial charge in [-0.05, 0) is 30.5 Å². The third kappa shape index (κ3) is 2.31. The fraction of sp³-hybridized carbons (Fsp3) is 0.462. The van der Waals surface area contributed by atoms with E-state index in [1.165, 1.54) is 18.2 Å². The summed E-state index contributed by atoms with van der Waals surface area (Å²) < 4.78 is 0. The average Bonchev–Trinajstić information content (AvgIpc) is 2.72. The number of rotatable bonds is 2. The van der Waals surface area contributed by atoms with E-state index >= 15 is 0 Å². The Hall–Kier alpha value is -1.26. The first kappa shape index (κ1) is 13.2. The van der Waals surface area contributed by atoms with Crippen molar-refractivity contribution in [2.45, 2.75) is 19.4 Å². The summed E-state index contributed by atoms with van der Waals surface area (Å²) in [6, 6.07) is 4.45. The lowest BCUT2D eigenvalue weighted by Crippen LogP contribution is -2.42. The Kier molecular flexibility index (Phi) is 3.78. The Bertz CT molecular complexity index is 464. The second-order valence-electron chi connectivity index (χ2n) is 4.73. The van der Waals surface area contributed by atoms with Crippen LogP contribution in [0.5, 0.6) is 5.75 Å². The van der Waals surface area contributed by atoms with Crippen molar-refractivity contribution in [2.75, 3.05) is 13.1 Å². The largest absolute Gasteiger partial charge is 0.508 e. The molecule has 0 saturated carbocycles. The van der Waals surface area contributed by atoms with E-state index < -0.39 is 0 Å². The highest BCUT2D eigenvalue weighted by Crippen LogP contribution is 2.28. The quantitative estimate of drug-likeness (QED) is 0.860. The van der Waals surface area contributed by atoms with Crippen molar-refractivity contribution in [3.05, 3.63) is 28.8 Å². The van der Waals surface area contributed by atoms with Gasteiger partial charge in [0, 0.05) is 19.1 Å². The molecule has 18 heavy (non-hydrogen) atoms. The van der Waals surface area contributed by atoms with Gasteiger partial charge in [0.15, 0.2) is 0 Å². The minimum absolute atomic E-state index is 0.0410. The van der Waals surface area contributed by atoms with Gasteiger partial charge in [-0.2, -0.15) is 0 Å². The number of hydrogen-bond donors (Lipinski definition) is 2. The van der Waals surface area contributed by atoms with Crippen molar-refractivity contribution in [3.63, 3.8) is 0 Å². The molecule has 0 radical (unpaired) electrons. The first-order valence-electron chi connectivity index (χ1n) is 6.04. The second-order valence-corrected chi connectivity index (χ2v) is 5.14. The van der Waals surface area contributed by atoms with Crippen molar-refractivity contribution in [3.8, 4) is 5.75 Å². The zero-order valence-electron chi connectivity index (χ0n) is 10.3. The molecule has 0 bridgehead atoms. The van der Waals surface area contributed by atoms with Gasteiger partial charge in [0.1, 0.15) is 5.75 Å². The van der Waals surface area contributed by atoms with E-state index in [-0.39, 0.29) is 17.7 Å². The van der Waals surface area contributed by atoms with Crippen LogP contribution < -0.4 is 5.73 Å². The molecule has 4 nitrogen and oxygen atoms in total. The second kappa shape index (κ2) is 5.16. The van der Waals surface area contributed by atoms with Crippen LogP contribution in [0.2, 0.25) is 5.02 Å². The number of likely N-dealkylation sites (tertiary alicyclic amines) is 1. The maximum absolute atomic E-state index is 12.4.